The maximum absolute atomic E-state index is 7.13. The van der Waals surface area contributed by atoms with Gasteiger partial charge in [-0.25, -0.2) is 0 Å². The molecule has 448 valence electrons. The van der Waals surface area contributed by atoms with E-state index in [4.69, 9.17) is 34.5 Å². The number of rotatable bonds is 0. The fourth-order valence-electron chi connectivity index (χ4n) is 8.40. The fourth-order valence-corrected chi connectivity index (χ4v) is 8.40. The predicted octanol–water partition coefficient (Wildman–Crippen LogP) is 10.5. The molecule has 0 aliphatic carbocycles. The smallest absolute Gasteiger partial charge is 0.753 e. The molecule has 2 radical (unpaired) electrons. The van der Waals surface area contributed by atoms with Gasteiger partial charge in [-0.15, -0.1) is 0 Å². The van der Waals surface area contributed by atoms with Gasteiger partial charge < -0.3 is 67.3 Å². The van der Waals surface area contributed by atoms with Crippen molar-refractivity contribution in [2.45, 2.75) is 0 Å². The van der Waals surface area contributed by atoms with Gasteiger partial charge in [-0.2, -0.15) is 10.3 Å². The van der Waals surface area contributed by atoms with Crippen molar-refractivity contribution >= 4 is 144 Å². The van der Waals surface area contributed by atoms with Gasteiger partial charge in [-0.3, -0.25) is 49.8 Å². The van der Waals surface area contributed by atoms with Gasteiger partial charge in [0.25, 0.3) is 0 Å². The first-order valence-corrected chi connectivity index (χ1v) is 24.8. The van der Waals surface area contributed by atoms with Crippen molar-refractivity contribution in [3.63, 3.8) is 0 Å². The number of benzene rings is 5. The van der Waals surface area contributed by atoms with Crippen molar-refractivity contribution in [2.24, 2.45) is 0 Å². The van der Waals surface area contributed by atoms with Crippen LogP contribution in [0.25, 0.3) is 120 Å². The molecule has 0 saturated carbocycles. The van der Waals surface area contributed by atoms with Gasteiger partial charge in [0.1, 0.15) is 0 Å². The Morgan fingerprint density at radius 2 is 0.307 bits per heavy atom. The Bertz CT molecular complexity index is 3750. The molecule has 0 aliphatic rings. The first-order valence-electron chi connectivity index (χ1n) is 24.0. The van der Waals surface area contributed by atoms with Crippen LogP contribution in [0.3, 0.4) is 0 Å². The number of pyridine rings is 10. The summed E-state index contributed by atoms with van der Waals surface area (Å²) in [4.78, 5) is 43.5. The van der Waals surface area contributed by atoms with Crippen LogP contribution in [-0.2, 0) is 34.1 Å². The number of fused-ring (bicyclic) bond motifs is 15. The zero-order valence-electron chi connectivity index (χ0n) is 45.8. The molecular weight excluding hydrogens is 1250 g/mol. The molecule has 0 amide bonds. The Morgan fingerprint density at radius 3 is 0.386 bits per heavy atom. The SMILES string of the molecule is O.O.O.O.O.O.[C-]#N.[C-]#N.[Cu+2].[Cu+2].[N-]=C=S.[N-]=C=S.c1cnc2c(c1)ccc1cccnc12.c1cnc2c(c1)ccc1cccnc12.c1cnc2c(c1)ccc1cccnc12.c1cnc2c(c1)ccc1cccnc12.c1cnc2c(c1)ccc1cccnc12. The van der Waals surface area contributed by atoms with Crippen molar-refractivity contribution in [1.82, 2.24) is 49.8 Å². The van der Waals surface area contributed by atoms with E-state index >= 15 is 0 Å². The molecule has 24 heteroatoms. The molecule has 20 nitrogen and oxygen atoms in total. The van der Waals surface area contributed by atoms with Crippen LogP contribution in [0.1, 0.15) is 0 Å². The van der Waals surface area contributed by atoms with Crippen LogP contribution in [0.5, 0.6) is 0 Å². The molecule has 10 aromatic heterocycles. The van der Waals surface area contributed by atoms with Crippen LogP contribution < -0.4 is 0 Å². The summed E-state index contributed by atoms with van der Waals surface area (Å²) in [5, 5.41) is 40.8. The third-order valence-corrected chi connectivity index (χ3v) is 11.7. The average Bonchev–Trinajstić information content (AvgIpc) is 1.15. The number of isothiocyanates is 2. The summed E-state index contributed by atoms with van der Waals surface area (Å²) >= 11 is 7.40. The molecule has 0 fully saturated rings. The van der Waals surface area contributed by atoms with E-state index in [1.165, 1.54) is 10.3 Å². The third kappa shape index (κ3) is 20.1. The van der Waals surface area contributed by atoms with E-state index in [2.05, 4.69) is 196 Å². The van der Waals surface area contributed by atoms with E-state index in [0.29, 0.717) is 0 Å². The minimum absolute atomic E-state index is 0. The van der Waals surface area contributed by atoms with Gasteiger partial charge in [-0.1, -0.05) is 146 Å². The average molecular weight is 1300 g/mol. The van der Waals surface area contributed by atoms with E-state index in [1.54, 1.807) is 62.0 Å². The Morgan fingerprint density at radius 1 is 0.227 bits per heavy atom. The van der Waals surface area contributed by atoms with Gasteiger partial charge in [0.05, 0.1) is 55.2 Å². The van der Waals surface area contributed by atoms with Crippen molar-refractivity contribution in [1.29, 1.82) is 10.5 Å². The molecule has 0 bridgehead atoms. The largest absolute Gasteiger partial charge is 2.00 e. The first kappa shape index (κ1) is 79.6. The van der Waals surface area contributed by atoms with E-state index in [-0.39, 0.29) is 67.0 Å². The molecule has 0 saturated heterocycles. The zero-order valence-corrected chi connectivity index (χ0v) is 49.3. The fraction of sp³-hybridized carbons (Fsp3) is 0. The molecular formula is C64H52Cu2N14O6S2. The molecule has 15 aromatic rings. The number of hydrogen-bond acceptors (Lipinski definition) is 14. The second kappa shape index (κ2) is 42.4. The summed E-state index contributed by atoms with van der Waals surface area (Å²) in [6.07, 6.45) is 18.0. The van der Waals surface area contributed by atoms with Crippen LogP contribution >= 0.6 is 24.4 Å². The second-order valence-electron chi connectivity index (χ2n) is 16.3. The number of thiocarbonyl (C=S) groups is 2. The quantitative estimate of drug-likeness (QED) is 0.0448. The maximum Gasteiger partial charge on any atom is 2.00 e. The van der Waals surface area contributed by atoms with Gasteiger partial charge in [0, 0.05) is 116 Å². The van der Waals surface area contributed by atoms with Crippen LogP contribution in [-0.4, -0.2) is 93.0 Å². The normalized spacial score (nSPS) is 8.86. The first-order chi connectivity index (χ1) is 39.6. The molecule has 88 heavy (non-hydrogen) atoms. The van der Waals surface area contributed by atoms with Crippen molar-refractivity contribution in [3.8, 4) is 0 Å². The molecule has 10 heterocycles. The number of nitrogens with zero attached hydrogens (tertiary/aromatic N) is 14. The molecule has 12 N–H and O–H groups in total. The van der Waals surface area contributed by atoms with Crippen molar-refractivity contribution < 1.29 is 67.0 Å². The van der Waals surface area contributed by atoms with Gasteiger partial charge >= 0.3 is 34.1 Å². The standard InChI is InChI=1S/5C12H8N2.2CNS.2CN.2Cu.6H2O/c5*1-3-9-5-6-10-4-2-8-14-12(10)11(9)13-7-1;2*2-1-3;2*1-2;;;;;;;;/h5*1-8H;;;;;;;6*1H2/q;;;;;4*-1;2*+2;;;;;;. The Labute approximate surface area is 535 Å². The summed E-state index contributed by atoms with van der Waals surface area (Å²) in [6.45, 7) is 9.50. The topological polar surface area (TPSA) is 410 Å². The van der Waals surface area contributed by atoms with Crippen LogP contribution in [0, 0.1) is 23.7 Å². The van der Waals surface area contributed by atoms with Crippen LogP contribution in [0.2, 0.25) is 0 Å². The zero-order chi connectivity index (χ0) is 56.3. The minimum atomic E-state index is 0. The second-order valence-corrected chi connectivity index (χ2v) is 16.6. The molecule has 0 atom stereocenters. The van der Waals surface area contributed by atoms with E-state index < -0.39 is 0 Å². The van der Waals surface area contributed by atoms with Gasteiger partial charge in [0.15, 0.2) is 0 Å². The molecule has 0 unspecified atom stereocenters. The van der Waals surface area contributed by atoms with E-state index in [9.17, 15) is 0 Å². The Kier molecular flexibility index (Phi) is 38.4. The van der Waals surface area contributed by atoms with Crippen molar-refractivity contribution in [2.75, 3.05) is 0 Å². The minimum Gasteiger partial charge on any atom is -0.753 e. The predicted molar refractivity (Wildman–Crippen MR) is 349 cm³/mol. The number of hydrogen-bond donors (Lipinski definition) is 0. The summed E-state index contributed by atoms with van der Waals surface area (Å²) in [5.41, 5.74) is 9.77. The molecule has 0 aliphatic heterocycles. The summed E-state index contributed by atoms with van der Waals surface area (Å²) in [5.74, 6) is 0. The molecule has 0 spiro atoms. The van der Waals surface area contributed by atoms with Gasteiger partial charge in [-0.05, 0) is 60.7 Å². The van der Waals surface area contributed by atoms with Crippen LogP contribution in [0.4, 0.5) is 0 Å². The molecule has 15 rings (SSSR count). The summed E-state index contributed by atoms with van der Waals surface area (Å²) in [7, 11) is 0. The third-order valence-electron chi connectivity index (χ3n) is 11.7. The van der Waals surface area contributed by atoms with Crippen LogP contribution in [0.15, 0.2) is 244 Å². The van der Waals surface area contributed by atoms with Crippen molar-refractivity contribution in [3.05, 3.63) is 268 Å². The Balaban J connectivity index is 0. The Hall–Kier alpha value is -10.4. The van der Waals surface area contributed by atoms with Gasteiger partial charge in [0.2, 0.25) is 0 Å². The van der Waals surface area contributed by atoms with E-state index in [0.717, 1.165) is 109 Å². The molecule has 5 aromatic carbocycles. The number of aromatic nitrogens is 10. The summed E-state index contributed by atoms with van der Waals surface area (Å²) in [6, 6.07) is 60.7. The summed E-state index contributed by atoms with van der Waals surface area (Å²) < 4.78 is 0. The monoisotopic (exact) mass is 1300 g/mol. The maximum atomic E-state index is 7.13. The van der Waals surface area contributed by atoms with E-state index in [1.807, 2.05) is 60.7 Å².